The Kier molecular flexibility index (Phi) is 7.00. The molecule has 1 aromatic carbocycles. The average Bonchev–Trinajstić information content (AvgIpc) is 2.84. The number of methoxy groups -OCH3 is 1. The van der Waals surface area contributed by atoms with E-state index in [1.807, 2.05) is 0 Å². The lowest BCUT2D eigenvalue weighted by molar-refractivity contribution is -0.138. The third-order valence-corrected chi connectivity index (χ3v) is 7.01. The van der Waals surface area contributed by atoms with E-state index in [0.717, 1.165) is 6.07 Å². The van der Waals surface area contributed by atoms with Crippen LogP contribution in [0.1, 0.15) is 55.1 Å². The summed E-state index contributed by atoms with van der Waals surface area (Å²) < 4.78 is 63.7. The summed E-state index contributed by atoms with van der Waals surface area (Å²) in [6, 6.07) is 4.93. The highest BCUT2D eigenvalue weighted by atomic mass is 19.4. The number of carbonyl (C=O) groups excluding carboxylic acids is 1. The fourth-order valence-corrected chi connectivity index (χ4v) is 4.87. The van der Waals surface area contributed by atoms with Gasteiger partial charge < -0.3 is 14.2 Å². The molecule has 1 fully saturated rings. The molecule has 0 aliphatic carbocycles. The molecule has 0 bridgehead atoms. The fraction of sp³-hybridized carbons (Fsp3) is 0.462. The molecule has 1 aliphatic rings. The van der Waals surface area contributed by atoms with Crippen molar-refractivity contribution in [2.45, 2.75) is 51.5 Å². The van der Waals surface area contributed by atoms with Gasteiger partial charge in [0.25, 0.3) is 0 Å². The van der Waals surface area contributed by atoms with Crippen molar-refractivity contribution in [3.05, 3.63) is 58.5 Å². The lowest BCUT2D eigenvalue weighted by Gasteiger charge is -2.35. The molecule has 1 saturated heterocycles. The first-order chi connectivity index (χ1) is 17.4. The number of carbonyl (C=O) groups is 1. The zero-order chi connectivity index (χ0) is 27.1. The smallest absolute Gasteiger partial charge is 0.416 e. The third-order valence-electron chi connectivity index (χ3n) is 7.01. The number of rotatable bonds is 4. The standard InChI is InChI=1S/C26H29F4N5O2/c1-15-18(7-6-8-20(15)26(28,29)30)16(2)32-23-19-13-21(25(27)9-11-35(12-10-25)17(3)36)33-24(37-5)22(19)34(4)14-31-23/h6-8,13-14,16H,9-12H2,1-5H3/b32-23-. The summed E-state index contributed by atoms with van der Waals surface area (Å²) in [6.45, 7) is 5.09. The number of piperidine rings is 1. The highest BCUT2D eigenvalue weighted by Gasteiger charge is 2.39. The Morgan fingerprint density at radius 1 is 1.24 bits per heavy atom. The number of hydrogen-bond donors (Lipinski definition) is 0. The molecule has 0 N–H and O–H groups in total. The van der Waals surface area contributed by atoms with Crippen LogP contribution in [-0.4, -0.2) is 45.5 Å². The number of alkyl halides is 4. The third kappa shape index (κ3) is 5.03. The average molecular weight is 520 g/mol. The summed E-state index contributed by atoms with van der Waals surface area (Å²) in [4.78, 5) is 26.8. The maximum atomic E-state index is 16.1. The molecule has 4 rings (SSSR count). The molecule has 3 heterocycles. The highest BCUT2D eigenvalue weighted by Crippen LogP contribution is 2.39. The van der Waals surface area contributed by atoms with Crippen molar-refractivity contribution in [1.29, 1.82) is 0 Å². The number of halogens is 4. The van der Waals surface area contributed by atoms with E-state index in [2.05, 4.69) is 15.0 Å². The van der Waals surface area contributed by atoms with Gasteiger partial charge in [-0.15, -0.1) is 0 Å². The molecule has 0 radical (unpaired) electrons. The molecule has 2 aromatic heterocycles. The minimum absolute atomic E-state index is 0.0763. The summed E-state index contributed by atoms with van der Waals surface area (Å²) in [5.74, 6) is 0.0741. The van der Waals surface area contributed by atoms with Crippen LogP contribution in [-0.2, 0) is 23.7 Å². The Morgan fingerprint density at radius 3 is 2.51 bits per heavy atom. The van der Waals surface area contributed by atoms with Gasteiger partial charge in [0.2, 0.25) is 11.8 Å². The van der Waals surface area contributed by atoms with Crippen LogP contribution in [0.25, 0.3) is 10.9 Å². The number of aromatic nitrogens is 3. The predicted octanol–water partition coefficient (Wildman–Crippen LogP) is 4.77. The van der Waals surface area contributed by atoms with Gasteiger partial charge in [0.1, 0.15) is 5.52 Å². The summed E-state index contributed by atoms with van der Waals surface area (Å²) in [6.07, 6.45) is -2.82. The van der Waals surface area contributed by atoms with Gasteiger partial charge in [-0.3, -0.25) is 9.79 Å². The van der Waals surface area contributed by atoms with Crippen molar-refractivity contribution in [1.82, 2.24) is 19.4 Å². The first-order valence-electron chi connectivity index (χ1n) is 11.9. The first kappa shape index (κ1) is 26.6. The van der Waals surface area contributed by atoms with Crippen LogP contribution >= 0.6 is 0 Å². The van der Waals surface area contributed by atoms with Crippen LogP contribution < -0.4 is 10.2 Å². The molecule has 7 nitrogen and oxygen atoms in total. The minimum atomic E-state index is -4.48. The van der Waals surface area contributed by atoms with Gasteiger partial charge in [0, 0.05) is 39.9 Å². The molecule has 1 aliphatic heterocycles. The van der Waals surface area contributed by atoms with E-state index in [1.165, 1.54) is 33.4 Å². The van der Waals surface area contributed by atoms with Crippen molar-refractivity contribution >= 4 is 16.8 Å². The van der Waals surface area contributed by atoms with E-state index >= 15 is 4.39 Å². The molecule has 3 aromatic rings. The summed E-state index contributed by atoms with van der Waals surface area (Å²) in [5, 5.41) is 0.467. The molecular formula is C26H29F4N5O2. The van der Waals surface area contributed by atoms with Crippen LogP contribution in [0.3, 0.4) is 0 Å². The number of pyridine rings is 1. The number of likely N-dealkylation sites (tertiary alicyclic amines) is 1. The van der Waals surface area contributed by atoms with E-state index < -0.39 is 23.5 Å². The van der Waals surface area contributed by atoms with Crippen molar-refractivity contribution in [3.8, 4) is 5.88 Å². The Morgan fingerprint density at radius 2 is 1.92 bits per heavy atom. The van der Waals surface area contributed by atoms with Gasteiger partial charge in [0.05, 0.1) is 36.1 Å². The number of aryl methyl sites for hydroxylation is 1. The van der Waals surface area contributed by atoms with Crippen molar-refractivity contribution < 1.29 is 27.1 Å². The van der Waals surface area contributed by atoms with Gasteiger partial charge in [-0.1, -0.05) is 12.1 Å². The van der Waals surface area contributed by atoms with E-state index in [4.69, 9.17) is 4.74 Å². The number of hydrogen-bond acceptors (Lipinski definition) is 5. The van der Waals surface area contributed by atoms with Gasteiger partial charge in [-0.05, 0) is 37.1 Å². The Hall–Kier alpha value is -3.50. The van der Waals surface area contributed by atoms with Crippen molar-refractivity contribution in [2.75, 3.05) is 20.2 Å². The summed E-state index contributed by atoms with van der Waals surface area (Å²) in [7, 11) is 3.17. The zero-order valence-electron chi connectivity index (χ0n) is 21.4. The maximum Gasteiger partial charge on any atom is 0.416 e. The van der Waals surface area contributed by atoms with Gasteiger partial charge in [0.15, 0.2) is 11.2 Å². The predicted molar refractivity (Wildman–Crippen MR) is 129 cm³/mol. The number of amides is 1. The van der Waals surface area contributed by atoms with Crippen LogP contribution in [0.2, 0.25) is 0 Å². The van der Waals surface area contributed by atoms with E-state index in [1.54, 1.807) is 35.6 Å². The van der Waals surface area contributed by atoms with Crippen molar-refractivity contribution in [3.63, 3.8) is 0 Å². The second-order valence-corrected chi connectivity index (χ2v) is 9.39. The first-order valence-corrected chi connectivity index (χ1v) is 11.9. The Balaban J connectivity index is 1.86. The molecule has 0 saturated carbocycles. The second-order valence-electron chi connectivity index (χ2n) is 9.39. The van der Waals surface area contributed by atoms with Crippen molar-refractivity contribution in [2.24, 2.45) is 12.0 Å². The van der Waals surface area contributed by atoms with Crippen LogP contribution in [0, 0.1) is 6.92 Å². The number of benzene rings is 1. The molecule has 0 spiro atoms. The molecule has 11 heteroatoms. The molecule has 198 valence electrons. The molecular weight excluding hydrogens is 490 g/mol. The Labute approximate surface area is 211 Å². The molecule has 37 heavy (non-hydrogen) atoms. The monoisotopic (exact) mass is 519 g/mol. The second kappa shape index (κ2) is 9.75. The topological polar surface area (TPSA) is 72.6 Å². The van der Waals surface area contributed by atoms with Crippen LogP contribution in [0.4, 0.5) is 17.6 Å². The van der Waals surface area contributed by atoms with Gasteiger partial charge >= 0.3 is 6.18 Å². The number of nitrogens with zero attached hydrogens (tertiary/aromatic N) is 5. The molecule has 1 amide bonds. The zero-order valence-corrected chi connectivity index (χ0v) is 21.4. The Bertz CT molecular complexity index is 1410. The SMILES string of the molecule is COc1nc(C2(F)CCN(C(C)=O)CC2)cc2/c(=N/C(C)c3cccc(C(F)(F)F)c3C)ncn(C)c12. The lowest BCUT2D eigenvalue weighted by Crippen LogP contribution is -2.42. The summed E-state index contributed by atoms with van der Waals surface area (Å²) >= 11 is 0. The van der Waals surface area contributed by atoms with E-state index in [0.29, 0.717) is 16.5 Å². The number of fused-ring (bicyclic) bond motifs is 1. The highest BCUT2D eigenvalue weighted by molar-refractivity contribution is 5.83. The van der Waals surface area contributed by atoms with Crippen LogP contribution in [0.15, 0.2) is 35.6 Å². The van der Waals surface area contributed by atoms with E-state index in [-0.39, 0.29) is 54.5 Å². The van der Waals surface area contributed by atoms with E-state index in [9.17, 15) is 18.0 Å². The van der Waals surface area contributed by atoms with Gasteiger partial charge in [-0.2, -0.15) is 13.2 Å². The minimum Gasteiger partial charge on any atom is -0.479 e. The van der Waals surface area contributed by atoms with Gasteiger partial charge in [-0.25, -0.2) is 14.4 Å². The molecule has 1 atom stereocenters. The number of ether oxygens (including phenoxy) is 1. The quantitative estimate of drug-likeness (QED) is 0.466. The normalized spacial score (nSPS) is 17.2. The van der Waals surface area contributed by atoms with Crippen LogP contribution in [0.5, 0.6) is 5.88 Å². The fourth-order valence-electron chi connectivity index (χ4n) is 4.87. The largest absolute Gasteiger partial charge is 0.479 e. The lowest BCUT2D eigenvalue weighted by atomic mass is 9.89. The maximum absolute atomic E-state index is 16.1. The molecule has 1 unspecified atom stereocenters. The summed E-state index contributed by atoms with van der Waals surface area (Å²) in [5.41, 5.74) is -1.08.